The molecule has 1 saturated heterocycles. The molecule has 1 atom stereocenters. The van der Waals surface area contributed by atoms with Gasteiger partial charge in [0, 0.05) is 18.7 Å². The van der Waals surface area contributed by atoms with Gasteiger partial charge in [-0.1, -0.05) is 23.8 Å². The van der Waals surface area contributed by atoms with E-state index in [9.17, 15) is 9.50 Å². The molecule has 0 bridgehead atoms. The molecule has 0 radical (unpaired) electrons. The van der Waals surface area contributed by atoms with Crippen molar-refractivity contribution in [3.8, 4) is 28.1 Å². The molecule has 2 aromatic carbocycles. The maximum absolute atomic E-state index is 13.8. The molecule has 5 heteroatoms. The number of halogens is 1. The summed E-state index contributed by atoms with van der Waals surface area (Å²) in [5.74, 6) is 0.552. The standard InChI is InChI=1S/C23H23FN2O2/c1-15-7-8-22(27)20(10-15)21-12-17(16-4-2-5-18(24)11-16)13-23(26-21)25-14-19-6-3-9-28-19/h2,4-5,7-8,10-13,19,27H,3,6,9,14H2,1H3,(H,25,26). The molecule has 4 rings (SSSR count). The second-order valence-electron chi connectivity index (χ2n) is 7.17. The third-order valence-corrected chi connectivity index (χ3v) is 4.95. The van der Waals surface area contributed by atoms with Crippen molar-refractivity contribution in [3.63, 3.8) is 0 Å². The zero-order chi connectivity index (χ0) is 19.5. The lowest BCUT2D eigenvalue weighted by atomic mass is 10.0. The number of hydrogen-bond acceptors (Lipinski definition) is 4. The van der Waals surface area contributed by atoms with E-state index in [1.54, 1.807) is 12.1 Å². The molecule has 4 nitrogen and oxygen atoms in total. The van der Waals surface area contributed by atoms with Gasteiger partial charge < -0.3 is 15.2 Å². The fourth-order valence-electron chi connectivity index (χ4n) is 3.47. The Morgan fingerprint density at radius 2 is 2.04 bits per heavy atom. The summed E-state index contributed by atoms with van der Waals surface area (Å²) in [5.41, 5.74) is 3.91. The van der Waals surface area contributed by atoms with Crippen molar-refractivity contribution in [1.82, 2.24) is 4.98 Å². The number of anilines is 1. The van der Waals surface area contributed by atoms with Gasteiger partial charge in [0.15, 0.2) is 0 Å². The van der Waals surface area contributed by atoms with Crippen LogP contribution in [0.1, 0.15) is 18.4 Å². The minimum atomic E-state index is -0.289. The van der Waals surface area contributed by atoms with Crippen LogP contribution in [0.2, 0.25) is 0 Å². The summed E-state index contributed by atoms with van der Waals surface area (Å²) >= 11 is 0. The van der Waals surface area contributed by atoms with Crippen molar-refractivity contribution in [2.24, 2.45) is 0 Å². The first-order valence-electron chi connectivity index (χ1n) is 9.52. The van der Waals surface area contributed by atoms with E-state index < -0.39 is 0 Å². The number of hydrogen-bond donors (Lipinski definition) is 2. The molecule has 0 amide bonds. The third kappa shape index (κ3) is 4.15. The van der Waals surface area contributed by atoms with Crippen LogP contribution < -0.4 is 5.32 Å². The Hall–Kier alpha value is -2.92. The second-order valence-corrected chi connectivity index (χ2v) is 7.17. The lowest BCUT2D eigenvalue weighted by Crippen LogP contribution is -2.19. The highest BCUT2D eigenvalue weighted by atomic mass is 19.1. The van der Waals surface area contributed by atoms with Crippen molar-refractivity contribution >= 4 is 5.82 Å². The Balaban J connectivity index is 1.74. The highest BCUT2D eigenvalue weighted by molar-refractivity contribution is 5.76. The summed E-state index contributed by atoms with van der Waals surface area (Å²) in [7, 11) is 0. The molecular weight excluding hydrogens is 355 g/mol. The summed E-state index contributed by atoms with van der Waals surface area (Å²) in [4.78, 5) is 4.69. The molecule has 1 aromatic heterocycles. The van der Waals surface area contributed by atoms with E-state index in [0.717, 1.165) is 36.1 Å². The molecule has 144 valence electrons. The van der Waals surface area contributed by atoms with Gasteiger partial charge in [-0.05, 0) is 67.3 Å². The van der Waals surface area contributed by atoms with Crippen LogP contribution in [-0.4, -0.2) is 29.3 Å². The number of ether oxygens (including phenoxy) is 1. The van der Waals surface area contributed by atoms with E-state index >= 15 is 0 Å². The highest BCUT2D eigenvalue weighted by Gasteiger charge is 2.16. The van der Waals surface area contributed by atoms with E-state index in [0.29, 0.717) is 23.6 Å². The average Bonchev–Trinajstić information content (AvgIpc) is 3.22. The molecule has 2 N–H and O–H groups in total. The fraction of sp³-hybridized carbons (Fsp3) is 0.261. The molecule has 0 saturated carbocycles. The second kappa shape index (κ2) is 7.98. The van der Waals surface area contributed by atoms with Gasteiger partial charge in [-0.25, -0.2) is 9.37 Å². The van der Waals surface area contributed by atoms with E-state index in [1.165, 1.54) is 12.1 Å². The Morgan fingerprint density at radius 1 is 1.14 bits per heavy atom. The number of nitrogens with one attached hydrogen (secondary N) is 1. The lowest BCUT2D eigenvalue weighted by molar-refractivity contribution is 0.120. The number of phenolic OH excluding ortho intramolecular Hbond substituents is 1. The van der Waals surface area contributed by atoms with Crippen LogP contribution in [-0.2, 0) is 4.74 Å². The van der Waals surface area contributed by atoms with Crippen molar-refractivity contribution in [1.29, 1.82) is 0 Å². The van der Waals surface area contributed by atoms with Crippen LogP contribution in [0.3, 0.4) is 0 Å². The van der Waals surface area contributed by atoms with Gasteiger partial charge >= 0.3 is 0 Å². The summed E-state index contributed by atoms with van der Waals surface area (Å²) in [5, 5.41) is 13.7. The third-order valence-electron chi connectivity index (χ3n) is 4.95. The number of nitrogens with zero attached hydrogens (tertiary/aromatic N) is 1. The van der Waals surface area contributed by atoms with Crippen molar-refractivity contribution in [2.45, 2.75) is 25.9 Å². The first-order chi connectivity index (χ1) is 13.6. The first-order valence-corrected chi connectivity index (χ1v) is 9.52. The number of rotatable bonds is 5. The maximum Gasteiger partial charge on any atom is 0.127 e. The van der Waals surface area contributed by atoms with Crippen LogP contribution >= 0.6 is 0 Å². The normalized spacial score (nSPS) is 16.3. The molecule has 2 heterocycles. The fourth-order valence-corrected chi connectivity index (χ4v) is 3.47. The molecule has 1 aliphatic heterocycles. The highest BCUT2D eigenvalue weighted by Crippen LogP contribution is 2.33. The van der Waals surface area contributed by atoms with Gasteiger partial charge in [0.05, 0.1) is 11.8 Å². The summed E-state index contributed by atoms with van der Waals surface area (Å²) in [6, 6.07) is 15.7. The Labute approximate surface area is 164 Å². The van der Waals surface area contributed by atoms with Crippen molar-refractivity contribution < 1.29 is 14.2 Å². The van der Waals surface area contributed by atoms with E-state index in [1.807, 2.05) is 37.3 Å². The Morgan fingerprint density at radius 3 is 2.82 bits per heavy atom. The summed E-state index contributed by atoms with van der Waals surface area (Å²) in [6.07, 6.45) is 2.28. The predicted molar refractivity (Wildman–Crippen MR) is 109 cm³/mol. The minimum absolute atomic E-state index is 0.166. The van der Waals surface area contributed by atoms with Crippen LogP contribution in [0.4, 0.5) is 10.2 Å². The van der Waals surface area contributed by atoms with E-state index in [-0.39, 0.29) is 17.7 Å². The molecule has 3 aromatic rings. The van der Waals surface area contributed by atoms with Crippen LogP contribution in [0.15, 0.2) is 54.6 Å². The molecule has 1 fully saturated rings. The van der Waals surface area contributed by atoms with Crippen LogP contribution in [0, 0.1) is 12.7 Å². The van der Waals surface area contributed by atoms with Gasteiger partial charge in [-0.15, -0.1) is 0 Å². The van der Waals surface area contributed by atoms with Crippen LogP contribution in [0.25, 0.3) is 22.4 Å². The van der Waals surface area contributed by atoms with Gasteiger partial charge in [-0.2, -0.15) is 0 Å². The number of aromatic hydroxyl groups is 1. The zero-order valence-corrected chi connectivity index (χ0v) is 15.8. The summed E-state index contributed by atoms with van der Waals surface area (Å²) in [6.45, 7) is 3.43. The number of phenols is 1. The largest absolute Gasteiger partial charge is 0.507 e. The minimum Gasteiger partial charge on any atom is -0.507 e. The smallest absolute Gasteiger partial charge is 0.127 e. The first kappa shape index (κ1) is 18.4. The molecular formula is C23H23FN2O2. The predicted octanol–water partition coefficient (Wildman–Crippen LogP) is 5.16. The molecule has 1 aliphatic rings. The summed E-state index contributed by atoms with van der Waals surface area (Å²) < 4.78 is 19.4. The van der Waals surface area contributed by atoms with E-state index in [2.05, 4.69) is 5.32 Å². The zero-order valence-electron chi connectivity index (χ0n) is 15.8. The molecule has 28 heavy (non-hydrogen) atoms. The number of aromatic nitrogens is 1. The number of aryl methyl sites for hydroxylation is 1. The van der Waals surface area contributed by atoms with Gasteiger partial charge in [0.25, 0.3) is 0 Å². The average molecular weight is 378 g/mol. The van der Waals surface area contributed by atoms with Gasteiger partial charge in [0.1, 0.15) is 17.4 Å². The Bertz CT molecular complexity index is 984. The lowest BCUT2D eigenvalue weighted by Gasteiger charge is -2.15. The van der Waals surface area contributed by atoms with Gasteiger partial charge in [-0.3, -0.25) is 0 Å². The molecule has 1 unspecified atom stereocenters. The van der Waals surface area contributed by atoms with Crippen molar-refractivity contribution in [3.05, 3.63) is 66.0 Å². The molecule has 0 spiro atoms. The van der Waals surface area contributed by atoms with Crippen molar-refractivity contribution in [2.75, 3.05) is 18.5 Å². The Kier molecular flexibility index (Phi) is 5.26. The van der Waals surface area contributed by atoms with E-state index in [4.69, 9.17) is 9.72 Å². The maximum atomic E-state index is 13.8. The van der Waals surface area contributed by atoms with Gasteiger partial charge in [0.2, 0.25) is 0 Å². The quantitative estimate of drug-likeness (QED) is 0.644. The molecule has 0 aliphatic carbocycles. The number of pyridine rings is 1. The SMILES string of the molecule is Cc1ccc(O)c(-c2cc(-c3cccc(F)c3)cc(NCC3CCCO3)n2)c1. The number of benzene rings is 2. The topological polar surface area (TPSA) is 54.4 Å². The van der Waals surface area contributed by atoms with Crippen LogP contribution in [0.5, 0.6) is 5.75 Å². The monoisotopic (exact) mass is 378 g/mol.